The van der Waals surface area contributed by atoms with Gasteiger partial charge >= 0.3 is 0 Å². The van der Waals surface area contributed by atoms with Crippen molar-refractivity contribution in [2.24, 2.45) is 16.9 Å². The van der Waals surface area contributed by atoms with Crippen molar-refractivity contribution in [3.63, 3.8) is 0 Å². The Hall–Kier alpha value is -4.02. The van der Waals surface area contributed by atoms with E-state index in [1.807, 2.05) is 72.8 Å². The highest BCUT2D eigenvalue weighted by atomic mass is 127. The van der Waals surface area contributed by atoms with Crippen molar-refractivity contribution in [3.05, 3.63) is 128 Å². The number of carbonyl (C=O) groups excluding carboxylic acids is 3. The molecule has 2 N–H and O–H groups in total. The summed E-state index contributed by atoms with van der Waals surface area (Å²) in [5.41, 5.74) is 6.54. The molecule has 0 unspecified atom stereocenters. The molecule has 1 fully saturated rings. The summed E-state index contributed by atoms with van der Waals surface area (Å²) in [5.74, 6) is -2.66. The lowest BCUT2D eigenvalue weighted by atomic mass is 9.47. The molecule has 42 heavy (non-hydrogen) atoms. The van der Waals surface area contributed by atoms with Gasteiger partial charge in [-0.25, -0.2) is 10.3 Å². The van der Waals surface area contributed by atoms with E-state index >= 15 is 0 Å². The second-order valence-electron chi connectivity index (χ2n) is 10.6. The first-order valence-electron chi connectivity index (χ1n) is 13.6. The second kappa shape index (κ2) is 10.4. The van der Waals surface area contributed by atoms with Crippen molar-refractivity contribution >= 4 is 69.5 Å². The van der Waals surface area contributed by atoms with Crippen LogP contribution in [-0.4, -0.2) is 30.5 Å². The highest BCUT2D eigenvalue weighted by molar-refractivity contribution is 14.1. The number of nitrogens with zero attached hydrogens (tertiary/aromatic N) is 2. The minimum atomic E-state index is -1.08. The van der Waals surface area contributed by atoms with Crippen LogP contribution in [-0.2, 0) is 19.8 Å². The topological polar surface area (TPSA) is 90.9 Å². The Labute approximate surface area is 261 Å². The van der Waals surface area contributed by atoms with Crippen molar-refractivity contribution in [1.29, 1.82) is 0 Å². The van der Waals surface area contributed by atoms with E-state index in [4.69, 9.17) is 11.6 Å². The largest absolute Gasteiger partial charge is 0.376 e. The molecule has 2 atom stereocenters. The van der Waals surface area contributed by atoms with E-state index in [9.17, 15) is 14.4 Å². The molecule has 0 aromatic heterocycles. The van der Waals surface area contributed by atoms with Gasteiger partial charge in [-0.05, 0) is 81.2 Å². The normalized spacial score (nSPS) is 23.5. The van der Waals surface area contributed by atoms with Crippen LogP contribution in [0.15, 0.2) is 102 Å². The molecule has 1 saturated heterocycles. The predicted octanol–water partition coefficient (Wildman–Crippen LogP) is 5.71. The number of halogens is 2. The Balaban J connectivity index is 1.30. The number of nitrogens with one attached hydrogen (secondary N) is 2. The van der Waals surface area contributed by atoms with Gasteiger partial charge in [-0.1, -0.05) is 72.3 Å². The first kappa shape index (κ1) is 26.9. The van der Waals surface area contributed by atoms with E-state index in [0.29, 0.717) is 10.7 Å². The molecule has 4 aromatic rings. The quantitative estimate of drug-likeness (QED) is 0.118. The Kier molecular flexibility index (Phi) is 6.62. The molecule has 7 nitrogen and oxygen atoms in total. The molecule has 1 aliphatic heterocycles. The molecule has 3 aliphatic carbocycles. The minimum absolute atomic E-state index is 0.0178. The molecule has 208 valence electrons. The fraction of sp³-hybridized carbons (Fsp3) is 0.152. The van der Waals surface area contributed by atoms with Crippen molar-refractivity contribution in [3.8, 4) is 0 Å². The van der Waals surface area contributed by atoms with Gasteiger partial charge in [0.2, 0.25) is 11.8 Å². The molecule has 0 spiro atoms. The van der Waals surface area contributed by atoms with Gasteiger partial charge in [0.15, 0.2) is 0 Å². The van der Waals surface area contributed by atoms with E-state index in [1.54, 1.807) is 30.5 Å². The van der Waals surface area contributed by atoms with Gasteiger partial charge in [-0.3, -0.25) is 14.4 Å². The lowest BCUT2D eigenvalue weighted by molar-refractivity contribution is -0.122. The number of rotatable bonds is 6. The van der Waals surface area contributed by atoms with Crippen LogP contribution in [0, 0.1) is 15.4 Å². The fourth-order valence-electron chi connectivity index (χ4n) is 6.92. The Bertz CT molecular complexity index is 1740. The van der Waals surface area contributed by atoms with Gasteiger partial charge in [-0.15, -0.1) is 0 Å². The number of carbonyl (C=O) groups is 3. The summed E-state index contributed by atoms with van der Waals surface area (Å²) in [5, 5.41) is 7.87. The number of para-hydroxylation sites is 1. The molecular formula is C33H24ClIN4O3. The third-order valence-corrected chi connectivity index (χ3v) is 9.57. The van der Waals surface area contributed by atoms with Crippen molar-refractivity contribution < 1.29 is 14.4 Å². The van der Waals surface area contributed by atoms with Crippen molar-refractivity contribution in [2.45, 2.75) is 11.3 Å². The summed E-state index contributed by atoms with van der Waals surface area (Å²) >= 11 is 8.73. The summed E-state index contributed by atoms with van der Waals surface area (Å²) in [6.45, 7) is 0.0178. The van der Waals surface area contributed by atoms with E-state index in [1.165, 1.54) is 4.90 Å². The Morgan fingerprint density at radius 2 is 1.50 bits per heavy atom. The lowest BCUT2D eigenvalue weighted by Gasteiger charge is -2.52. The van der Waals surface area contributed by atoms with Crippen LogP contribution < -0.4 is 15.6 Å². The monoisotopic (exact) mass is 686 g/mol. The predicted molar refractivity (Wildman–Crippen MR) is 171 cm³/mol. The smallest absolute Gasteiger partial charge is 0.259 e. The third-order valence-electron chi connectivity index (χ3n) is 8.53. The zero-order valence-electron chi connectivity index (χ0n) is 22.1. The first-order chi connectivity index (χ1) is 20.4. The number of hydrogen-bond acceptors (Lipinski definition) is 5. The summed E-state index contributed by atoms with van der Waals surface area (Å²) < 4.78 is 1.10. The molecule has 4 aromatic carbocycles. The molecular weight excluding hydrogens is 663 g/mol. The van der Waals surface area contributed by atoms with E-state index in [0.717, 1.165) is 31.5 Å². The van der Waals surface area contributed by atoms with Gasteiger partial charge in [0.1, 0.15) is 0 Å². The van der Waals surface area contributed by atoms with Gasteiger partial charge in [0, 0.05) is 21.4 Å². The maximum atomic E-state index is 14.4. The number of hydrazone groups is 1. The minimum Gasteiger partial charge on any atom is -0.376 e. The van der Waals surface area contributed by atoms with Crippen LogP contribution in [0.2, 0.25) is 5.02 Å². The van der Waals surface area contributed by atoms with Crippen LogP contribution in [0.5, 0.6) is 0 Å². The van der Waals surface area contributed by atoms with Gasteiger partial charge in [0.05, 0.1) is 34.5 Å². The molecule has 9 heteroatoms. The number of imide groups is 1. The van der Waals surface area contributed by atoms with Crippen LogP contribution >= 0.6 is 34.2 Å². The maximum absolute atomic E-state index is 14.4. The number of amides is 3. The highest BCUT2D eigenvalue weighted by Crippen LogP contribution is 2.63. The average Bonchev–Trinajstić information content (AvgIpc) is 3.28. The Morgan fingerprint density at radius 3 is 2.17 bits per heavy atom. The van der Waals surface area contributed by atoms with Gasteiger partial charge in [0.25, 0.3) is 5.91 Å². The summed E-state index contributed by atoms with van der Waals surface area (Å²) in [4.78, 5) is 42.6. The van der Waals surface area contributed by atoms with Gasteiger partial charge < -0.3 is 5.32 Å². The van der Waals surface area contributed by atoms with Gasteiger partial charge in [-0.2, -0.15) is 5.10 Å². The maximum Gasteiger partial charge on any atom is 0.259 e. The van der Waals surface area contributed by atoms with E-state index in [2.05, 4.69) is 38.4 Å². The fourth-order valence-corrected chi connectivity index (χ4v) is 7.50. The van der Waals surface area contributed by atoms with Crippen LogP contribution in [0.1, 0.15) is 28.2 Å². The van der Waals surface area contributed by atoms with Crippen LogP contribution in [0.25, 0.3) is 0 Å². The first-order valence-corrected chi connectivity index (χ1v) is 15.0. The zero-order chi connectivity index (χ0) is 29.0. The van der Waals surface area contributed by atoms with Crippen molar-refractivity contribution in [1.82, 2.24) is 5.43 Å². The summed E-state index contributed by atoms with van der Waals surface area (Å²) in [6, 6.07) is 30.4. The second-order valence-corrected chi connectivity index (χ2v) is 12.3. The average molecular weight is 687 g/mol. The number of benzene rings is 4. The molecule has 4 aliphatic rings. The molecule has 0 radical (unpaired) electrons. The molecule has 0 saturated carbocycles. The Morgan fingerprint density at radius 1 is 0.881 bits per heavy atom. The molecule has 2 bridgehead atoms. The highest BCUT2D eigenvalue weighted by Gasteiger charge is 2.68. The van der Waals surface area contributed by atoms with Crippen LogP contribution in [0.4, 0.5) is 11.4 Å². The zero-order valence-corrected chi connectivity index (χ0v) is 25.0. The molecule has 1 heterocycles. The van der Waals surface area contributed by atoms with E-state index in [-0.39, 0.29) is 30.2 Å². The standard InChI is InChI=1S/C33H24ClIN4O3/c34-25-11-5-6-12-26(25)39-31(41)29-28-21-7-1-3-9-23(21)33(30(29)32(39)42,24-10-4-2-8-22(24)28)18-37-38-27(40)17-36-20-15-13-19(35)14-16-20/h1-16,18,28-30,36H,17H2,(H,38,40)/b37-18-/t28?,29-,30+,33?/m0/s1. The van der Waals surface area contributed by atoms with E-state index < -0.39 is 17.3 Å². The van der Waals surface area contributed by atoms with Crippen LogP contribution in [0.3, 0.4) is 0 Å². The molecule has 8 rings (SSSR count). The summed E-state index contributed by atoms with van der Waals surface area (Å²) in [7, 11) is 0. The SMILES string of the molecule is O=C(CNc1ccc(I)cc1)N/N=C\C12c3ccccc3C(c3ccccc31)[C@@H]1C(=O)N(c3ccccc3Cl)C(=O)[C@@H]12. The lowest BCUT2D eigenvalue weighted by Crippen LogP contribution is -2.54. The number of anilines is 2. The van der Waals surface area contributed by atoms with Crippen molar-refractivity contribution in [2.75, 3.05) is 16.8 Å². The summed E-state index contributed by atoms with van der Waals surface area (Å²) in [6.07, 6.45) is 1.65. The third kappa shape index (κ3) is 3.99. The number of hydrogen-bond donors (Lipinski definition) is 2. The molecule has 3 amide bonds.